The van der Waals surface area contributed by atoms with Gasteiger partial charge >= 0.3 is 0 Å². The summed E-state index contributed by atoms with van der Waals surface area (Å²) in [6.07, 6.45) is 6.30. The van der Waals surface area contributed by atoms with Gasteiger partial charge in [-0.15, -0.1) is 0 Å². The smallest absolute Gasteiger partial charge is 0.187 e. The van der Waals surface area contributed by atoms with Crippen molar-refractivity contribution in [3.63, 3.8) is 0 Å². The first-order valence-electron chi connectivity index (χ1n) is 8.63. The van der Waals surface area contributed by atoms with Crippen LogP contribution in [0.3, 0.4) is 0 Å². The van der Waals surface area contributed by atoms with E-state index < -0.39 is 0 Å². The minimum atomic E-state index is -0.253. The fraction of sp³-hybridized carbons (Fsp3) is 0.500. The van der Waals surface area contributed by atoms with Gasteiger partial charge in [0, 0.05) is 48.6 Å². The van der Waals surface area contributed by atoms with Crippen molar-refractivity contribution < 1.29 is 4.39 Å². The molecular formula is C18H21BrFN5. The summed E-state index contributed by atoms with van der Waals surface area (Å²) in [6.45, 7) is 6.63. The van der Waals surface area contributed by atoms with Crippen LogP contribution in [0.5, 0.6) is 0 Å². The van der Waals surface area contributed by atoms with Crippen molar-refractivity contribution in [2.45, 2.75) is 44.8 Å². The summed E-state index contributed by atoms with van der Waals surface area (Å²) in [4.78, 5) is 17.2. The number of piperidine rings is 1. The van der Waals surface area contributed by atoms with Crippen molar-refractivity contribution in [2.24, 2.45) is 0 Å². The van der Waals surface area contributed by atoms with Crippen LogP contribution >= 0.6 is 15.9 Å². The van der Waals surface area contributed by atoms with Crippen LogP contribution in [0.1, 0.15) is 37.4 Å². The van der Waals surface area contributed by atoms with Gasteiger partial charge in [-0.1, -0.05) is 13.8 Å². The van der Waals surface area contributed by atoms with Crippen LogP contribution in [0.4, 0.5) is 10.2 Å². The molecule has 2 unspecified atom stereocenters. The van der Waals surface area contributed by atoms with E-state index in [1.807, 2.05) is 20.0 Å². The molecular weight excluding hydrogens is 385 g/mol. The van der Waals surface area contributed by atoms with Crippen LogP contribution in [0.25, 0.3) is 0 Å². The Hall–Kier alpha value is -1.60. The first-order valence-corrected chi connectivity index (χ1v) is 9.42. The molecule has 5 rings (SSSR count). The molecule has 0 N–H and O–H groups in total. The third-order valence-corrected chi connectivity index (χ3v) is 5.46. The average Bonchev–Trinajstić information content (AvgIpc) is 2.56. The number of anilines is 1. The van der Waals surface area contributed by atoms with E-state index in [0.29, 0.717) is 23.6 Å². The van der Waals surface area contributed by atoms with Gasteiger partial charge in [0.05, 0.1) is 5.69 Å². The Balaban J connectivity index is 1.48. The zero-order chi connectivity index (χ0) is 17.6. The molecule has 2 bridgehead atoms. The molecule has 0 spiro atoms. The molecule has 3 fully saturated rings. The largest absolute Gasteiger partial charge is 0.345 e. The van der Waals surface area contributed by atoms with Crippen LogP contribution < -0.4 is 4.90 Å². The van der Waals surface area contributed by atoms with E-state index in [4.69, 9.17) is 0 Å². The molecule has 2 aromatic heterocycles. The molecule has 3 aliphatic heterocycles. The second-order valence-electron chi connectivity index (χ2n) is 7.21. The lowest BCUT2D eigenvalue weighted by Crippen LogP contribution is -2.69. The van der Waals surface area contributed by atoms with E-state index in [2.05, 4.69) is 46.7 Å². The number of aromatic nitrogens is 3. The maximum Gasteiger partial charge on any atom is 0.187 e. The molecule has 3 aliphatic rings. The summed E-state index contributed by atoms with van der Waals surface area (Å²) >= 11 is 3.47. The number of rotatable bonds is 4. The van der Waals surface area contributed by atoms with Crippen LogP contribution in [0.2, 0.25) is 0 Å². The Labute approximate surface area is 155 Å². The van der Waals surface area contributed by atoms with Crippen LogP contribution in [0.15, 0.2) is 29.3 Å². The predicted octanol–water partition coefficient (Wildman–Crippen LogP) is 3.36. The molecule has 25 heavy (non-hydrogen) atoms. The molecule has 0 aromatic carbocycles. The second kappa shape index (κ2) is 6.61. The third kappa shape index (κ3) is 3.15. The quantitative estimate of drug-likeness (QED) is 0.779. The van der Waals surface area contributed by atoms with Crippen molar-refractivity contribution in [3.8, 4) is 0 Å². The number of piperazine rings is 1. The van der Waals surface area contributed by atoms with E-state index in [0.717, 1.165) is 30.5 Å². The summed E-state index contributed by atoms with van der Waals surface area (Å²) in [5, 5.41) is 0. The molecule has 0 aliphatic carbocycles. The monoisotopic (exact) mass is 405 g/mol. The fourth-order valence-corrected chi connectivity index (χ4v) is 4.34. The SMILES string of the molecule is CC(C)c1ncnc(N2C3CC2CN(Cc2cncc(Br)c2)C3)c1F. The molecule has 5 heterocycles. The van der Waals surface area contributed by atoms with Gasteiger partial charge in [-0.05, 0) is 39.9 Å². The normalized spacial score (nSPS) is 23.0. The summed E-state index contributed by atoms with van der Waals surface area (Å²) in [6, 6.07) is 2.75. The fourth-order valence-electron chi connectivity index (χ4n) is 3.93. The summed E-state index contributed by atoms with van der Waals surface area (Å²) in [5.74, 6) is 0.281. The molecule has 132 valence electrons. The van der Waals surface area contributed by atoms with Crippen molar-refractivity contribution >= 4 is 21.7 Å². The van der Waals surface area contributed by atoms with Crippen molar-refractivity contribution in [2.75, 3.05) is 18.0 Å². The second-order valence-corrected chi connectivity index (χ2v) is 8.12. The number of hydrogen-bond donors (Lipinski definition) is 0. The lowest BCUT2D eigenvalue weighted by atomic mass is 9.87. The summed E-state index contributed by atoms with van der Waals surface area (Å²) in [5.41, 5.74) is 1.70. The minimum absolute atomic E-state index is 0.0587. The van der Waals surface area contributed by atoms with Crippen molar-refractivity contribution in [1.29, 1.82) is 0 Å². The number of hydrogen-bond acceptors (Lipinski definition) is 5. The van der Waals surface area contributed by atoms with Gasteiger partial charge in [-0.3, -0.25) is 9.88 Å². The standard InChI is InChI=1S/C18H21BrFN5/c1-11(2)17-16(20)18(23-10-22-17)25-14-4-15(25)9-24(8-14)7-12-3-13(19)6-21-5-12/h3,5-6,10-11,14-15H,4,7-9H2,1-2H3. The highest BCUT2D eigenvalue weighted by Crippen LogP contribution is 2.38. The van der Waals surface area contributed by atoms with E-state index >= 15 is 0 Å². The molecule has 0 saturated carbocycles. The Morgan fingerprint density at radius 2 is 2.00 bits per heavy atom. The highest BCUT2D eigenvalue weighted by molar-refractivity contribution is 9.10. The molecule has 7 heteroatoms. The highest BCUT2D eigenvalue weighted by Gasteiger charge is 2.46. The van der Waals surface area contributed by atoms with Gasteiger partial charge in [-0.2, -0.15) is 0 Å². The van der Waals surface area contributed by atoms with Crippen LogP contribution in [0, 0.1) is 5.82 Å². The van der Waals surface area contributed by atoms with Gasteiger partial charge in [0.1, 0.15) is 6.33 Å². The maximum absolute atomic E-state index is 14.8. The van der Waals surface area contributed by atoms with Crippen molar-refractivity contribution in [1.82, 2.24) is 19.9 Å². The zero-order valence-corrected chi connectivity index (χ0v) is 15.9. The Morgan fingerprint density at radius 3 is 2.68 bits per heavy atom. The van der Waals surface area contributed by atoms with Gasteiger partial charge in [-0.25, -0.2) is 14.4 Å². The van der Waals surface area contributed by atoms with E-state index in [1.165, 1.54) is 11.9 Å². The average molecular weight is 406 g/mol. The van der Waals surface area contributed by atoms with E-state index in [-0.39, 0.29) is 11.7 Å². The van der Waals surface area contributed by atoms with Gasteiger partial charge in [0.2, 0.25) is 0 Å². The Kier molecular flexibility index (Phi) is 4.45. The third-order valence-electron chi connectivity index (χ3n) is 5.03. The molecule has 2 atom stereocenters. The number of nitrogens with zero attached hydrogens (tertiary/aromatic N) is 5. The first kappa shape index (κ1) is 16.8. The van der Waals surface area contributed by atoms with Gasteiger partial charge in [0.25, 0.3) is 0 Å². The van der Waals surface area contributed by atoms with Crippen LogP contribution in [-0.4, -0.2) is 45.0 Å². The molecule has 0 amide bonds. The zero-order valence-electron chi connectivity index (χ0n) is 14.4. The van der Waals surface area contributed by atoms with E-state index in [1.54, 1.807) is 6.20 Å². The minimum Gasteiger partial charge on any atom is -0.345 e. The Bertz CT molecular complexity index is 772. The molecule has 2 aromatic rings. The lowest BCUT2D eigenvalue weighted by molar-refractivity contribution is 0.106. The van der Waals surface area contributed by atoms with Crippen molar-refractivity contribution in [3.05, 3.63) is 46.3 Å². The number of halogens is 2. The number of fused-ring (bicyclic) bond motifs is 2. The summed E-state index contributed by atoms with van der Waals surface area (Å²) < 4.78 is 15.8. The Morgan fingerprint density at radius 1 is 1.24 bits per heavy atom. The molecule has 5 nitrogen and oxygen atoms in total. The first-order chi connectivity index (χ1) is 12.0. The van der Waals surface area contributed by atoms with E-state index in [9.17, 15) is 4.39 Å². The van der Waals surface area contributed by atoms with Gasteiger partial charge in [0.15, 0.2) is 11.6 Å². The lowest BCUT2D eigenvalue weighted by Gasteiger charge is -2.57. The van der Waals surface area contributed by atoms with Gasteiger partial charge < -0.3 is 4.90 Å². The molecule has 0 radical (unpaired) electrons. The molecule has 3 saturated heterocycles. The highest BCUT2D eigenvalue weighted by atomic mass is 79.9. The number of pyridine rings is 1. The maximum atomic E-state index is 14.8. The predicted molar refractivity (Wildman–Crippen MR) is 98.0 cm³/mol. The summed E-state index contributed by atoms with van der Waals surface area (Å²) in [7, 11) is 0. The van der Waals surface area contributed by atoms with Crippen LogP contribution in [-0.2, 0) is 6.54 Å². The topological polar surface area (TPSA) is 45.2 Å².